The molecule has 0 amide bonds. The Hall–Kier alpha value is -1.29. The molecule has 4 N–H and O–H groups in total. The maximum Gasteiger partial charge on any atom is 0.472 e. The van der Waals surface area contributed by atoms with Gasteiger partial charge < -0.3 is 25.2 Å². The normalized spacial score (nSPS) is 14.3. The second-order valence-corrected chi connectivity index (χ2v) is 13.8. The molecule has 272 valence electrons. The zero-order valence-electron chi connectivity index (χ0n) is 29.2. The van der Waals surface area contributed by atoms with Crippen LogP contribution in [0.3, 0.4) is 0 Å². The topological polar surface area (TPSA) is 155 Å². The summed E-state index contributed by atoms with van der Waals surface area (Å²) in [6, 6.07) is -1.47. The number of allylic oxidation sites excluding steroid dienone is 2. The predicted octanol–water partition coefficient (Wildman–Crippen LogP) is 9.03. The quantitative estimate of drug-likeness (QED) is 0.0256. The highest BCUT2D eigenvalue weighted by molar-refractivity contribution is 7.47. The van der Waals surface area contributed by atoms with Crippen LogP contribution in [-0.4, -0.2) is 60.5 Å². The number of carboxylic acid groups (broad SMARTS) is 1. The summed E-state index contributed by atoms with van der Waals surface area (Å²) in [5, 5.41) is 8.83. The molecule has 0 radical (unpaired) electrons. The van der Waals surface area contributed by atoms with Crippen molar-refractivity contribution in [3.05, 3.63) is 12.2 Å². The number of phosphoric acid groups is 1. The third-order valence-corrected chi connectivity index (χ3v) is 8.75. The molecule has 0 saturated heterocycles. The van der Waals surface area contributed by atoms with Gasteiger partial charge in [-0.2, -0.15) is 0 Å². The van der Waals surface area contributed by atoms with E-state index in [1.165, 1.54) is 89.9 Å². The number of carboxylic acids is 1. The fraction of sp³-hybridized carbons (Fsp3) is 0.886. The van der Waals surface area contributed by atoms with E-state index in [0.717, 1.165) is 44.9 Å². The molecule has 0 aliphatic heterocycles. The second-order valence-electron chi connectivity index (χ2n) is 12.4. The molecule has 3 unspecified atom stereocenters. The van der Waals surface area contributed by atoms with Crippen molar-refractivity contribution in [3.8, 4) is 0 Å². The summed E-state index contributed by atoms with van der Waals surface area (Å²) in [7, 11) is -4.60. The summed E-state index contributed by atoms with van der Waals surface area (Å²) in [6.45, 7) is 3.80. The molecule has 0 aromatic heterocycles. The van der Waals surface area contributed by atoms with E-state index in [4.69, 9.17) is 24.8 Å². The first-order chi connectivity index (χ1) is 22.2. The van der Waals surface area contributed by atoms with Gasteiger partial charge in [0.2, 0.25) is 0 Å². The third-order valence-electron chi connectivity index (χ3n) is 7.79. The van der Waals surface area contributed by atoms with Crippen LogP contribution in [0.5, 0.6) is 0 Å². The number of nitrogens with two attached hydrogens (primary N) is 1. The van der Waals surface area contributed by atoms with Gasteiger partial charge in [0, 0.05) is 13.0 Å². The van der Waals surface area contributed by atoms with Crippen molar-refractivity contribution in [2.45, 2.75) is 174 Å². The van der Waals surface area contributed by atoms with Gasteiger partial charge in [0.15, 0.2) is 0 Å². The van der Waals surface area contributed by atoms with Crippen LogP contribution in [0.25, 0.3) is 0 Å². The van der Waals surface area contributed by atoms with E-state index in [0.29, 0.717) is 13.0 Å². The lowest BCUT2D eigenvalue weighted by Crippen LogP contribution is -2.34. The SMILES string of the molecule is CCCCCCCCC/C=C\CCCCCCCCOCC(COP(=O)(O)OCC(N)C(=O)O)OC(=O)CCCCCCCCC. The average Bonchev–Trinajstić information content (AvgIpc) is 3.03. The molecule has 0 fully saturated rings. The minimum atomic E-state index is -4.60. The molecule has 0 spiro atoms. The van der Waals surface area contributed by atoms with Gasteiger partial charge in [-0.05, 0) is 38.5 Å². The average molecular weight is 678 g/mol. The summed E-state index contributed by atoms with van der Waals surface area (Å²) in [6.07, 6.45) is 30.0. The maximum atomic E-state index is 12.4. The van der Waals surface area contributed by atoms with Gasteiger partial charge in [-0.1, -0.05) is 129 Å². The standard InChI is InChI=1S/C35H68NO9P/c1-3-5-7-9-11-12-13-14-15-16-17-18-19-20-22-24-26-28-42-29-32(30-43-46(40,41)44-31-33(36)35(38)39)45-34(37)27-25-23-21-10-8-6-4-2/h15-16,32-33H,3-14,17-31,36H2,1-2H3,(H,38,39)(H,40,41)/b16-15-. The molecule has 3 atom stereocenters. The van der Waals surface area contributed by atoms with Crippen LogP contribution in [0.1, 0.15) is 162 Å². The molecular formula is C35H68NO9P. The minimum Gasteiger partial charge on any atom is -0.480 e. The summed E-state index contributed by atoms with van der Waals surface area (Å²) >= 11 is 0. The Balaban J connectivity index is 4.20. The van der Waals surface area contributed by atoms with Gasteiger partial charge in [0.25, 0.3) is 0 Å². The van der Waals surface area contributed by atoms with E-state index < -0.39 is 45.1 Å². The fourth-order valence-corrected chi connectivity index (χ4v) is 5.67. The molecule has 0 aromatic carbocycles. The number of esters is 1. The van der Waals surface area contributed by atoms with Crippen molar-refractivity contribution in [1.29, 1.82) is 0 Å². The lowest BCUT2D eigenvalue weighted by molar-refractivity contribution is -0.154. The Morgan fingerprint density at radius 1 is 0.674 bits per heavy atom. The zero-order chi connectivity index (χ0) is 34.1. The van der Waals surface area contributed by atoms with Crippen molar-refractivity contribution in [3.63, 3.8) is 0 Å². The van der Waals surface area contributed by atoms with E-state index in [-0.39, 0.29) is 13.0 Å². The van der Waals surface area contributed by atoms with E-state index in [2.05, 4.69) is 30.5 Å². The highest BCUT2D eigenvalue weighted by atomic mass is 31.2. The number of phosphoric ester groups is 1. The lowest BCUT2D eigenvalue weighted by Gasteiger charge is -2.20. The van der Waals surface area contributed by atoms with Crippen molar-refractivity contribution in [1.82, 2.24) is 0 Å². The Morgan fingerprint density at radius 2 is 1.13 bits per heavy atom. The Labute approximate surface area is 280 Å². The van der Waals surface area contributed by atoms with Gasteiger partial charge >= 0.3 is 19.8 Å². The molecule has 0 aliphatic carbocycles. The van der Waals surface area contributed by atoms with Crippen LogP contribution in [0.2, 0.25) is 0 Å². The van der Waals surface area contributed by atoms with Crippen molar-refractivity contribution in [2.24, 2.45) is 5.73 Å². The van der Waals surface area contributed by atoms with Gasteiger partial charge in [0.05, 0.1) is 19.8 Å². The number of hydrogen-bond acceptors (Lipinski definition) is 8. The summed E-state index contributed by atoms with van der Waals surface area (Å²) in [5.74, 6) is -1.79. The third kappa shape index (κ3) is 31.3. The van der Waals surface area contributed by atoms with E-state index >= 15 is 0 Å². The zero-order valence-corrected chi connectivity index (χ0v) is 30.1. The molecule has 0 saturated carbocycles. The predicted molar refractivity (Wildman–Crippen MR) is 185 cm³/mol. The number of rotatable bonds is 35. The lowest BCUT2D eigenvalue weighted by atomic mass is 10.1. The van der Waals surface area contributed by atoms with E-state index in [1.807, 2.05) is 0 Å². The molecule has 0 aliphatic rings. The number of hydrogen-bond donors (Lipinski definition) is 3. The van der Waals surface area contributed by atoms with Crippen LogP contribution in [0.4, 0.5) is 0 Å². The molecule has 0 bridgehead atoms. The van der Waals surface area contributed by atoms with Crippen molar-refractivity contribution in [2.75, 3.05) is 26.4 Å². The van der Waals surface area contributed by atoms with Crippen LogP contribution in [0, 0.1) is 0 Å². The Kier molecular flexibility index (Phi) is 31.4. The van der Waals surface area contributed by atoms with Crippen LogP contribution < -0.4 is 5.73 Å². The summed E-state index contributed by atoms with van der Waals surface area (Å²) in [4.78, 5) is 33.2. The molecular weight excluding hydrogens is 609 g/mol. The van der Waals surface area contributed by atoms with Crippen molar-refractivity contribution < 1.29 is 42.7 Å². The molecule has 10 nitrogen and oxygen atoms in total. The number of aliphatic carboxylic acids is 1. The Bertz CT molecular complexity index is 796. The fourth-order valence-electron chi connectivity index (χ4n) is 4.89. The molecule has 0 rings (SSSR count). The van der Waals surface area contributed by atoms with Crippen LogP contribution >= 0.6 is 7.82 Å². The molecule has 11 heteroatoms. The smallest absolute Gasteiger partial charge is 0.472 e. The number of carbonyl (C=O) groups is 2. The van der Waals surface area contributed by atoms with Gasteiger partial charge in [0.1, 0.15) is 12.1 Å². The van der Waals surface area contributed by atoms with Gasteiger partial charge in [-0.3, -0.25) is 18.6 Å². The Morgan fingerprint density at radius 3 is 1.65 bits per heavy atom. The van der Waals surface area contributed by atoms with Gasteiger partial charge in [-0.15, -0.1) is 0 Å². The highest BCUT2D eigenvalue weighted by Crippen LogP contribution is 2.43. The molecule has 46 heavy (non-hydrogen) atoms. The van der Waals surface area contributed by atoms with Gasteiger partial charge in [-0.25, -0.2) is 4.57 Å². The maximum absolute atomic E-state index is 12.4. The number of ether oxygens (including phenoxy) is 2. The minimum absolute atomic E-state index is 0.0165. The van der Waals surface area contributed by atoms with Crippen LogP contribution in [0.15, 0.2) is 12.2 Å². The van der Waals surface area contributed by atoms with Crippen molar-refractivity contribution >= 4 is 19.8 Å². The summed E-state index contributed by atoms with van der Waals surface area (Å²) in [5.41, 5.74) is 5.32. The molecule has 0 heterocycles. The first-order valence-corrected chi connectivity index (χ1v) is 19.7. The first kappa shape index (κ1) is 44.7. The second kappa shape index (κ2) is 32.3. The highest BCUT2D eigenvalue weighted by Gasteiger charge is 2.27. The molecule has 0 aromatic rings. The monoisotopic (exact) mass is 677 g/mol. The van der Waals surface area contributed by atoms with E-state index in [9.17, 15) is 19.0 Å². The summed E-state index contributed by atoms with van der Waals surface area (Å²) < 4.78 is 33.0. The number of carbonyl (C=O) groups excluding carboxylic acids is 1. The first-order valence-electron chi connectivity index (χ1n) is 18.2. The largest absolute Gasteiger partial charge is 0.480 e. The number of unbranched alkanes of at least 4 members (excludes halogenated alkanes) is 19. The van der Waals surface area contributed by atoms with E-state index in [1.54, 1.807) is 0 Å². The van der Waals surface area contributed by atoms with Crippen LogP contribution in [-0.2, 0) is 32.7 Å².